The normalized spacial score (nSPS) is 28.6. The van der Waals surface area contributed by atoms with Gasteiger partial charge in [-0.1, -0.05) is 22.0 Å². The predicted molar refractivity (Wildman–Crippen MR) is 83.3 cm³/mol. The zero-order valence-corrected chi connectivity index (χ0v) is 13.3. The van der Waals surface area contributed by atoms with Crippen LogP contribution in [0.3, 0.4) is 0 Å². The number of hydrazine groups is 1. The molecule has 1 aliphatic heterocycles. The molecule has 1 aromatic rings. The van der Waals surface area contributed by atoms with E-state index in [0.29, 0.717) is 17.4 Å². The third-order valence-electron chi connectivity index (χ3n) is 4.73. The number of benzene rings is 1. The fourth-order valence-corrected chi connectivity index (χ4v) is 4.10. The molecule has 3 rings (SSSR count). The summed E-state index contributed by atoms with van der Waals surface area (Å²) in [5.41, 5.74) is 3.83. The summed E-state index contributed by atoms with van der Waals surface area (Å²) in [6, 6.07) is 5.54. The van der Waals surface area contributed by atoms with Gasteiger partial charge >= 0.3 is 0 Å². The largest absolute Gasteiger partial charge is 0.393 e. The number of carbonyl (C=O) groups excluding carboxylic acids is 1. The van der Waals surface area contributed by atoms with Crippen LogP contribution in [0.25, 0.3) is 0 Å². The highest BCUT2D eigenvalue weighted by atomic mass is 79.9. The van der Waals surface area contributed by atoms with E-state index < -0.39 is 0 Å². The lowest BCUT2D eigenvalue weighted by molar-refractivity contribution is 0.0953. The Kier molecular flexibility index (Phi) is 4.31. The molecule has 0 radical (unpaired) electrons. The molecule has 3 atom stereocenters. The van der Waals surface area contributed by atoms with Crippen molar-refractivity contribution in [3.05, 3.63) is 33.8 Å². The molecule has 0 aromatic heterocycles. The average molecular weight is 354 g/mol. The van der Waals surface area contributed by atoms with Crippen LogP contribution in [0.1, 0.15) is 28.8 Å². The molecule has 1 saturated heterocycles. The fourth-order valence-electron chi connectivity index (χ4n) is 3.60. The third-order valence-corrected chi connectivity index (χ3v) is 5.47. The Morgan fingerprint density at radius 3 is 2.90 bits per heavy atom. The van der Waals surface area contributed by atoms with Crippen molar-refractivity contribution in [1.82, 2.24) is 10.3 Å². The molecule has 1 heterocycles. The van der Waals surface area contributed by atoms with Gasteiger partial charge in [-0.25, -0.2) is 5.84 Å². The first-order valence-electron chi connectivity index (χ1n) is 7.28. The molecule has 2 aliphatic rings. The number of rotatable bonds is 3. The van der Waals surface area contributed by atoms with Gasteiger partial charge < -0.3 is 5.11 Å². The van der Waals surface area contributed by atoms with Gasteiger partial charge in [0.25, 0.3) is 5.91 Å². The lowest BCUT2D eigenvalue weighted by atomic mass is 10.00. The number of likely N-dealkylation sites (tertiary alicyclic amines) is 1. The van der Waals surface area contributed by atoms with Crippen molar-refractivity contribution in [1.29, 1.82) is 0 Å². The van der Waals surface area contributed by atoms with E-state index in [9.17, 15) is 9.90 Å². The van der Waals surface area contributed by atoms with Gasteiger partial charge in [0.05, 0.1) is 6.10 Å². The molecule has 1 aromatic carbocycles. The minimum absolute atomic E-state index is 0.126. The van der Waals surface area contributed by atoms with Crippen LogP contribution < -0.4 is 11.3 Å². The van der Waals surface area contributed by atoms with Crippen LogP contribution in [0.2, 0.25) is 0 Å². The van der Waals surface area contributed by atoms with E-state index in [-0.39, 0.29) is 12.0 Å². The quantitative estimate of drug-likeness (QED) is 0.434. The highest BCUT2D eigenvalue weighted by Gasteiger charge is 2.41. The minimum atomic E-state index is -0.291. The van der Waals surface area contributed by atoms with Crippen molar-refractivity contribution in [3.8, 4) is 0 Å². The van der Waals surface area contributed by atoms with Crippen LogP contribution in [-0.2, 0) is 6.54 Å². The number of nitrogens with zero attached hydrogens (tertiary/aromatic N) is 1. The molecule has 0 spiro atoms. The van der Waals surface area contributed by atoms with Gasteiger partial charge in [0, 0.05) is 35.6 Å². The summed E-state index contributed by atoms with van der Waals surface area (Å²) in [5.74, 6) is 5.93. The Morgan fingerprint density at radius 2 is 2.24 bits per heavy atom. The van der Waals surface area contributed by atoms with Crippen molar-refractivity contribution in [2.45, 2.75) is 25.5 Å². The van der Waals surface area contributed by atoms with E-state index in [1.54, 1.807) is 12.1 Å². The summed E-state index contributed by atoms with van der Waals surface area (Å²) in [6.45, 7) is 2.85. The maximum absolute atomic E-state index is 11.5. The summed E-state index contributed by atoms with van der Waals surface area (Å²) < 4.78 is 0.918. The minimum Gasteiger partial charge on any atom is -0.393 e. The number of aliphatic hydroxyl groups excluding tert-OH is 1. The number of amides is 1. The number of hydrogen-bond acceptors (Lipinski definition) is 4. The molecule has 4 N–H and O–H groups in total. The van der Waals surface area contributed by atoms with Gasteiger partial charge in [0.1, 0.15) is 0 Å². The molecular weight excluding hydrogens is 334 g/mol. The number of hydrogen-bond donors (Lipinski definition) is 3. The molecule has 2 fully saturated rings. The number of nitrogen functional groups attached to an aromatic ring is 1. The van der Waals surface area contributed by atoms with Crippen LogP contribution >= 0.6 is 15.9 Å². The highest BCUT2D eigenvalue weighted by molar-refractivity contribution is 9.10. The standard InChI is InChI=1S/C15H20BrN3O2/c16-13-5-9(15(21)18-17)1-2-11(13)7-19-6-10-3-4-14(20)12(10)8-19/h1-2,5,10,12,14,20H,3-4,6-8,17H2,(H,18,21). The van der Waals surface area contributed by atoms with E-state index in [4.69, 9.17) is 5.84 Å². The molecule has 6 heteroatoms. The zero-order valence-electron chi connectivity index (χ0n) is 11.8. The number of nitrogens with one attached hydrogen (secondary N) is 1. The molecule has 0 bridgehead atoms. The van der Waals surface area contributed by atoms with Crippen LogP contribution in [0, 0.1) is 11.8 Å². The average Bonchev–Trinajstić information content (AvgIpc) is 3.02. The molecule has 1 amide bonds. The smallest absolute Gasteiger partial charge is 0.265 e. The summed E-state index contributed by atoms with van der Waals surface area (Å²) in [6.07, 6.45) is 1.97. The second-order valence-corrected chi connectivity index (χ2v) is 6.90. The number of halogens is 1. The maximum Gasteiger partial charge on any atom is 0.265 e. The van der Waals surface area contributed by atoms with Crippen LogP contribution in [0.15, 0.2) is 22.7 Å². The van der Waals surface area contributed by atoms with Crippen molar-refractivity contribution in [3.63, 3.8) is 0 Å². The number of nitrogens with two attached hydrogens (primary N) is 1. The van der Waals surface area contributed by atoms with Crippen molar-refractivity contribution < 1.29 is 9.90 Å². The number of aliphatic hydroxyl groups is 1. The van der Waals surface area contributed by atoms with Gasteiger partial charge in [-0.05, 0) is 36.5 Å². The van der Waals surface area contributed by atoms with Crippen molar-refractivity contribution >= 4 is 21.8 Å². The maximum atomic E-state index is 11.5. The Bertz CT molecular complexity index is 552. The molecular formula is C15H20BrN3O2. The first-order valence-corrected chi connectivity index (χ1v) is 8.07. The molecule has 1 saturated carbocycles. The number of carbonyl (C=O) groups is 1. The van der Waals surface area contributed by atoms with Crippen LogP contribution in [0.5, 0.6) is 0 Å². The summed E-state index contributed by atoms with van der Waals surface area (Å²) in [5, 5.41) is 9.97. The summed E-state index contributed by atoms with van der Waals surface area (Å²) in [4.78, 5) is 13.9. The fraction of sp³-hybridized carbons (Fsp3) is 0.533. The first-order chi connectivity index (χ1) is 10.1. The van der Waals surface area contributed by atoms with Crippen LogP contribution in [0.4, 0.5) is 0 Å². The van der Waals surface area contributed by atoms with Gasteiger partial charge in [0.15, 0.2) is 0 Å². The van der Waals surface area contributed by atoms with E-state index >= 15 is 0 Å². The van der Waals surface area contributed by atoms with E-state index in [0.717, 1.165) is 42.5 Å². The summed E-state index contributed by atoms with van der Waals surface area (Å²) >= 11 is 3.53. The molecule has 3 unspecified atom stereocenters. The van der Waals surface area contributed by atoms with Crippen LogP contribution in [-0.4, -0.2) is 35.1 Å². The number of fused-ring (bicyclic) bond motifs is 1. The van der Waals surface area contributed by atoms with Gasteiger partial charge in [-0.3, -0.25) is 15.1 Å². The first kappa shape index (κ1) is 15.0. The van der Waals surface area contributed by atoms with E-state index in [2.05, 4.69) is 26.3 Å². The Morgan fingerprint density at radius 1 is 1.43 bits per heavy atom. The van der Waals surface area contributed by atoms with Gasteiger partial charge in [-0.15, -0.1) is 0 Å². The topological polar surface area (TPSA) is 78.6 Å². The summed E-state index contributed by atoms with van der Waals surface area (Å²) in [7, 11) is 0. The Balaban J connectivity index is 1.67. The van der Waals surface area contributed by atoms with Crippen molar-refractivity contribution in [2.75, 3.05) is 13.1 Å². The van der Waals surface area contributed by atoms with E-state index in [1.165, 1.54) is 0 Å². The molecule has 114 valence electrons. The Hall–Kier alpha value is -0.950. The Labute approximate surface area is 132 Å². The molecule has 5 nitrogen and oxygen atoms in total. The lowest BCUT2D eigenvalue weighted by Gasteiger charge is -2.19. The molecule has 1 aliphatic carbocycles. The monoisotopic (exact) mass is 353 g/mol. The third kappa shape index (κ3) is 2.99. The van der Waals surface area contributed by atoms with Gasteiger partial charge in [0.2, 0.25) is 0 Å². The second-order valence-electron chi connectivity index (χ2n) is 6.04. The van der Waals surface area contributed by atoms with E-state index in [1.807, 2.05) is 6.07 Å². The second kappa shape index (κ2) is 6.04. The predicted octanol–water partition coefficient (Wildman–Crippen LogP) is 1.26. The zero-order chi connectivity index (χ0) is 15.0. The van der Waals surface area contributed by atoms with Crippen molar-refractivity contribution in [2.24, 2.45) is 17.7 Å². The SMILES string of the molecule is NNC(=O)c1ccc(CN2CC3CCC(O)C3C2)c(Br)c1. The highest BCUT2D eigenvalue weighted by Crippen LogP contribution is 2.38. The molecule has 21 heavy (non-hydrogen) atoms. The van der Waals surface area contributed by atoms with Gasteiger partial charge in [-0.2, -0.15) is 0 Å². The lowest BCUT2D eigenvalue weighted by Crippen LogP contribution is -2.30.